The highest BCUT2D eigenvalue weighted by Crippen LogP contribution is 1.70. The van der Waals surface area contributed by atoms with Crippen LogP contribution >= 0.6 is 0 Å². The first-order valence-electron chi connectivity index (χ1n) is 3.11. The highest BCUT2D eigenvalue weighted by atomic mass is 14.4. The Bertz CT molecular complexity index is 151. The molecule has 0 aliphatic heterocycles. The van der Waals surface area contributed by atoms with Gasteiger partial charge in [0.15, 0.2) is 0 Å². The van der Waals surface area contributed by atoms with Crippen LogP contribution in [0.2, 0.25) is 0 Å². The molecule has 0 fully saturated rings. The third-order valence-electron chi connectivity index (χ3n) is 0.594. The molecule has 0 aliphatic carbocycles. The maximum atomic E-state index is 6.54. The van der Waals surface area contributed by atoms with E-state index in [1.165, 1.54) is 6.21 Å². The van der Waals surface area contributed by atoms with Gasteiger partial charge in [0.05, 0.1) is 0 Å². The molecule has 0 saturated heterocycles. The van der Waals surface area contributed by atoms with Gasteiger partial charge in [-0.15, -0.1) is 0 Å². The van der Waals surface area contributed by atoms with Crippen molar-refractivity contribution in [3.05, 3.63) is 24.3 Å². The Labute approximate surface area is 67.0 Å². The molecule has 0 unspecified atom stereocenters. The van der Waals surface area contributed by atoms with Crippen molar-refractivity contribution < 1.29 is 0 Å². The monoisotopic (exact) mass is 151 g/mol. The summed E-state index contributed by atoms with van der Waals surface area (Å²) in [6, 6.07) is 0. The van der Waals surface area contributed by atoms with E-state index in [4.69, 9.17) is 16.2 Å². The molecule has 11 heavy (non-hydrogen) atoms. The Morgan fingerprint density at radius 2 is 1.27 bits per heavy atom. The van der Waals surface area contributed by atoms with Gasteiger partial charge in [0.2, 0.25) is 0 Å². The molecule has 0 aromatic rings. The average molecular weight is 151 g/mol. The van der Waals surface area contributed by atoms with Gasteiger partial charge in [-0.3, -0.25) is 0 Å². The zero-order valence-electron chi connectivity index (χ0n) is 6.54. The summed E-state index contributed by atoms with van der Waals surface area (Å²) in [4.78, 5) is 0. The lowest BCUT2D eigenvalue weighted by molar-refractivity contribution is 1.55. The van der Waals surface area contributed by atoms with Gasteiger partial charge >= 0.3 is 0 Å². The van der Waals surface area contributed by atoms with Crippen molar-refractivity contribution in [2.24, 2.45) is 0 Å². The van der Waals surface area contributed by atoms with Crippen molar-refractivity contribution >= 4 is 18.6 Å². The number of allylic oxidation sites excluding steroid dienone is 4. The average Bonchev–Trinajstić information content (AvgIpc) is 2.06. The van der Waals surface area contributed by atoms with E-state index in [-0.39, 0.29) is 0 Å². The van der Waals surface area contributed by atoms with Crippen LogP contribution in [0.4, 0.5) is 0 Å². The summed E-state index contributed by atoms with van der Waals surface area (Å²) in [5.74, 6) is 0. The molecule has 0 rings (SSSR count). The summed E-state index contributed by atoms with van der Waals surface area (Å²) in [6.07, 6.45) is 10.4. The molecule has 3 N–H and O–H groups in total. The van der Waals surface area contributed by atoms with Crippen molar-refractivity contribution in [1.82, 2.24) is 0 Å². The molecule has 0 amide bonds. The predicted octanol–water partition coefficient (Wildman–Crippen LogP) is 2.05. The zero-order chi connectivity index (χ0) is 8.95. The standard InChI is InChI=1S/C6H9N.C2H4N2/c1-2-3-4-5-6-7;3-1-2-4/h2-7H,1H3;1-4H/b3-2-,5-4+,7-6?;. The predicted molar refractivity (Wildman–Crippen MR) is 50.3 cm³/mol. The zero-order valence-corrected chi connectivity index (χ0v) is 6.54. The summed E-state index contributed by atoms with van der Waals surface area (Å²) in [5, 5.41) is 18.7. The lowest BCUT2D eigenvalue weighted by atomic mass is 10.4. The van der Waals surface area contributed by atoms with Crippen LogP contribution in [0.3, 0.4) is 0 Å². The van der Waals surface area contributed by atoms with Crippen molar-refractivity contribution in [3.8, 4) is 0 Å². The molecular formula is C8H13N3. The van der Waals surface area contributed by atoms with E-state index in [0.29, 0.717) is 0 Å². The largest absolute Gasteiger partial charge is 0.309 e. The first kappa shape index (κ1) is 12.2. The smallest absolute Gasteiger partial charge is 0.0353 e. The maximum Gasteiger partial charge on any atom is 0.0353 e. The van der Waals surface area contributed by atoms with Gasteiger partial charge in [0.1, 0.15) is 0 Å². The van der Waals surface area contributed by atoms with E-state index in [0.717, 1.165) is 12.4 Å². The van der Waals surface area contributed by atoms with Crippen LogP contribution in [-0.4, -0.2) is 18.6 Å². The highest BCUT2D eigenvalue weighted by Gasteiger charge is 1.53. The van der Waals surface area contributed by atoms with Crippen LogP contribution < -0.4 is 0 Å². The van der Waals surface area contributed by atoms with E-state index < -0.39 is 0 Å². The minimum absolute atomic E-state index is 0.917. The summed E-state index contributed by atoms with van der Waals surface area (Å²) >= 11 is 0. The van der Waals surface area contributed by atoms with Crippen LogP contribution in [0.5, 0.6) is 0 Å². The second-order valence-corrected chi connectivity index (χ2v) is 1.41. The van der Waals surface area contributed by atoms with Crippen LogP contribution in [0, 0.1) is 16.2 Å². The summed E-state index contributed by atoms with van der Waals surface area (Å²) in [6.45, 7) is 1.94. The first-order valence-corrected chi connectivity index (χ1v) is 3.11. The molecule has 60 valence electrons. The quantitative estimate of drug-likeness (QED) is 0.408. The third-order valence-corrected chi connectivity index (χ3v) is 0.594. The Balaban J connectivity index is 0. The molecule has 0 aromatic heterocycles. The van der Waals surface area contributed by atoms with Crippen LogP contribution in [0.1, 0.15) is 6.92 Å². The Hall–Kier alpha value is -1.51. The Kier molecular flexibility index (Phi) is 17.5. The van der Waals surface area contributed by atoms with Gasteiger partial charge in [0.25, 0.3) is 0 Å². The summed E-state index contributed by atoms with van der Waals surface area (Å²) in [7, 11) is 0. The molecule has 0 aromatic carbocycles. The van der Waals surface area contributed by atoms with Gasteiger partial charge in [-0.1, -0.05) is 18.2 Å². The SMILES string of the molecule is C/C=C\C=C\C=N.N=CC=N. The van der Waals surface area contributed by atoms with E-state index in [1.807, 2.05) is 25.2 Å². The van der Waals surface area contributed by atoms with E-state index in [1.54, 1.807) is 6.08 Å². The normalized spacial score (nSPS) is 8.82. The molecular weight excluding hydrogens is 138 g/mol. The van der Waals surface area contributed by atoms with Crippen LogP contribution in [-0.2, 0) is 0 Å². The van der Waals surface area contributed by atoms with Crippen molar-refractivity contribution in [3.63, 3.8) is 0 Å². The Morgan fingerprint density at radius 1 is 0.727 bits per heavy atom. The number of nitrogens with one attached hydrogen (secondary N) is 3. The highest BCUT2D eigenvalue weighted by molar-refractivity contribution is 6.12. The molecule has 0 heterocycles. The molecule has 3 nitrogen and oxygen atoms in total. The lowest BCUT2D eigenvalue weighted by Crippen LogP contribution is -1.58. The second-order valence-electron chi connectivity index (χ2n) is 1.41. The number of hydrogen-bond acceptors (Lipinski definition) is 3. The maximum absolute atomic E-state index is 6.54. The second kappa shape index (κ2) is 15.8. The van der Waals surface area contributed by atoms with Crippen molar-refractivity contribution in [2.45, 2.75) is 6.92 Å². The minimum Gasteiger partial charge on any atom is -0.309 e. The van der Waals surface area contributed by atoms with E-state index >= 15 is 0 Å². The number of rotatable bonds is 3. The fourth-order valence-electron chi connectivity index (χ4n) is 0.231. The fraction of sp³-hybridized carbons (Fsp3) is 0.125. The molecule has 0 radical (unpaired) electrons. The van der Waals surface area contributed by atoms with Gasteiger partial charge in [-0.25, -0.2) is 0 Å². The Morgan fingerprint density at radius 3 is 1.55 bits per heavy atom. The van der Waals surface area contributed by atoms with Gasteiger partial charge in [0, 0.05) is 18.6 Å². The van der Waals surface area contributed by atoms with Gasteiger partial charge in [-0.2, -0.15) is 0 Å². The van der Waals surface area contributed by atoms with Crippen molar-refractivity contribution in [2.75, 3.05) is 0 Å². The molecule has 0 spiro atoms. The molecule has 0 aliphatic rings. The van der Waals surface area contributed by atoms with E-state index in [9.17, 15) is 0 Å². The van der Waals surface area contributed by atoms with Crippen molar-refractivity contribution in [1.29, 1.82) is 16.2 Å². The summed E-state index contributed by atoms with van der Waals surface area (Å²) in [5.41, 5.74) is 0. The molecule has 0 bridgehead atoms. The van der Waals surface area contributed by atoms with Crippen LogP contribution in [0.25, 0.3) is 0 Å². The first-order chi connectivity index (χ1) is 5.33. The molecule has 0 atom stereocenters. The lowest BCUT2D eigenvalue weighted by Gasteiger charge is -1.64. The minimum atomic E-state index is 0.917. The number of hydrogen-bond donors (Lipinski definition) is 3. The molecule has 3 heteroatoms. The third kappa shape index (κ3) is 29.4. The fourth-order valence-corrected chi connectivity index (χ4v) is 0.231. The topological polar surface area (TPSA) is 71.6 Å². The van der Waals surface area contributed by atoms with Crippen LogP contribution in [0.15, 0.2) is 24.3 Å². The van der Waals surface area contributed by atoms with E-state index in [2.05, 4.69) is 0 Å². The summed E-state index contributed by atoms with van der Waals surface area (Å²) < 4.78 is 0. The molecule has 0 saturated carbocycles. The van der Waals surface area contributed by atoms with Gasteiger partial charge < -0.3 is 16.2 Å². The van der Waals surface area contributed by atoms with Gasteiger partial charge in [-0.05, 0) is 13.0 Å².